The Hall–Kier alpha value is -2.69. The molecule has 1 aliphatic rings. The minimum absolute atomic E-state index is 0.277. The molecule has 1 aliphatic heterocycles. The monoisotopic (exact) mass is 480 g/mol. The van der Waals surface area contributed by atoms with Crippen molar-refractivity contribution in [2.24, 2.45) is 0 Å². The Kier molecular flexibility index (Phi) is 13.8. The third-order valence-electron chi connectivity index (χ3n) is 5.63. The van der Waals surface area contributed by atoms with Crippen molar-refractivity contribution < 1.29 is 29.7 Å². The van der Waals surface area contributed by atoms with Gasteiger partial charge in [0.1, 0.15) is 0 Å². The Labute approximate surface area is 202 Å². The van der Waals surface area contributed by atoms with Gasteiger partial charge in [0.2, 0.25) is 0 Å². The number of nitrogens with zero attached hydrogens (tertiary/aromatic N) is 3. The smallest absolute Gasteiger partial charge is 0.407 e. The second-order valence-electron chi connectivity index (χ2n) is 8.11. The van der Waals surface area contributed by atoms with Crippen LogP contribution in [0.5, 0.6) is 0 Å². The van der Waals surface area contributed by atoms with Gasteiger partial charge in [0, 0.05) is 39.3 Å². The highest BCUT2D eigenvalue weighted by Crippen LogP contribution is 2.16. The van der Waals surface area contributed by atoms with E-state index in [1.807, 2.05) is 37.8 Å². The van der Waals surface area contributed by atoms with E-state index in [0.29, 0.717) is 39.1 Å². The topological polar surface area (TPSA) is 134 Å². The lowest BCUT2D eigenvalue weighted by Gasteiger charge is -2.39. The molecule has 0 aromatic heterocycles. The SMILES string of the molecule is CC.Cc1ccc(CCCC(N2CCNCCN(C(=O)O)CC2)N(CC(=O)O)CC(=O)O)cc1. The fourth-order valence-electron chi connectivity index (χ4n) is 3.98. The van der Waals surface area contributed by atoms with Crippen LogP contribution in [-0.4, -0.2) is 107 Å². The molecule has 34 heavy (non-hydrogen) atoms. The first-order valence-electron chi connectivity index (χ1n) is 11.9. The van der Waals surface area contributed by atoms with Gasteiger partial charge in [0.25, 0.3) is 0 Å². The molecule has 10 heteroatoms. The molecule has 1 fully saturated rings. The fraction of sp³-hybridized carbons (Fsp3) is 0.625. The molecule has 1 aromatic rings. The Bertz CT molecular complexity index is 742. The summed E-state index contributed by atoms with van der Waals surface area (Å²) in [4.78, 5) is 39.2. The summed E-state index contributed by atoms with van der Waals surface area (Å²) in [6.07, 6.45) is 0.677. The summed E-state index contributed by atoms with van der Waals surface area (Å²) in [5, 5.41) is 31.4. The Balaban J connectivity index is 0.00000281. The number of amides is 1. The standard InChI is InChI=1S/C22H34N4O6.C2H6/c1-17-5-7-18(8-6-17)3-2-4-19(26(15-20(27)28)16-21(29)30)24-11-9-23-10-12-25(14-13-24)22(31)32;1-2/h5-8,19,23H,2-4,9-16H2,1H3,(H,27,28)(H,29,30)(H,31,32);1-2H3. The molecular formula is C24H40N4O6. The van der Waals surface area contributed by atoms with E-state index < -0.39 is 37.3 Å². The first-order valence-corrected chi connectivity index (χ1v) is 11.9. The summed E-state index contributed by atoms with van der Waals surface area (Å²) >= 11 is 0. The molecule has 2 rings (SSSR count). The lowest BCUT2D eigenvalue weighted by molar-refractivity contribution is -0.145. The molecule has 1 aromatic carbocycles. The molecule has 192 valence electrons. The number of nitrogens with one attached hydrogen (secondary N) is 1. The van der Waals surface area contributed by atoms with Gasteiger partial charge in [-0.2, -0.15) is 0 Å². The van der Waals surface area contributed by atoms with Crippen LogP contribution < -0.4 is 5.32 Å². The van der Waals surface area contributed by atoms with E-state index in [9.17, 15) is 29.7 Å². The number of aryl methyl sites for hydroxylation is 2. The summed E-state index contributed by atoms with van der Waals surface area (Å²) in [6.45, 7) is 7.99. The van der Waals surface area contributed by atoms with Crippen LogP contribution in [0.1, 0.15) is 37.8 Å². The Morgan fingerprint density at radius 1 is 0.941 bits per heavy atom. The van der Waals surface area contributed by atoms with Gasteiger partial charge in [-0.15, -0.1) is 0 Å². The zero-order chi connectivity index (χ0) is 25.5. The average molecular weight is 481 g/mol. The van der Waals surface area contributed by atoms with Crippen LogP contribution in [-0.2, 0) is 16.0 Å². The van der Waals surface area contributed by atoms with Crippen LogP contribution in [0.15, 0.2) is 24.3 Å². The Morgan fingerprint density at radius 3 is 2.09 bits per heavy atom. The predicted octanol–water partition coefficient (Wildman–Crippen LogP) is 2.03. The molecule has 1 amide bonds. The summed E-state index contributed by atoms with van der Waals surface area (Å²) in [7, 11) is 0. The number of hydrogen-bond acceptors (Lipinski definition) is 6. The van der Waals surface area contributed by atoms with Crippen LogP contribution in [0.25, 0.3) is 0 Å². The first kappa shape index (κ1) is 29.3. The van der Waals surface area contributed by atoms with Gasteiger partial charge in [-0.25, -0.2) is 4.79 Å². The maximum absolute atomic E-state index is 11.5. The number of carboxylic acid groups (broad SMARTS) is 3. The van der Waals surface area contributed by atoms with Crippen molar-refractivity contribution in [2.45, 2.75) is 46.2 Å². The highest BCUT2D eigenvalue weighted by molar-refractivity contribution is 5.72. The van der Waals surface area contributed by atoms with Gasteiger partial charge < -0.3 is 25.5 Å². The quantitative estimate of drug-likeness (QED) is 0.397. The van der Waals surface area contributed by atoms with Crippen molar-refractivity contribution in [2.75, 3.05) is 52.4 Å². The minimum atomic E-state index is -1.09. The van der Waals surface area contributed by atoms with Crippen LogP contribution in [0.4, 0.5) is 4.79 Å². The number of carboxylic acids is 2. The maximum Gasteiger partial charge on any atom is 0.407 e. The summed E-state index contributed by atoms with van der Waals surface area (Å²) in [5.74, 6) is -2.19. The molecule has 1 atom stereocenters. The summed E-state index contributed by atoms with van der Waals surface area (Å²) in [6, 6.07) is 8.21. The zero-order valence-electron chi connectivity index (χ0n) is 20.6. The second kappa shape index (κ2) is 16.0. The highest BCUT2D eigenvalue weighted by atomic mass is 16.4. The average Bonchev–Trinajstić information content (AvgIpc) is 2.90. The molecule has 10 nitrogen and oxygen atoms in total. The van der Waals surface area contributed by atoms with Crippen molar-refractivity contribution in [1.82, 2.24) is 20.0 Å². The Morgan fingerprint density at radius 2 is 1.53 bits per heavy atom. The first-order chi connectivity index (χ1) is 16.3. The lowest BCUT2D eigenvalue weighted by atomic mass is 10.0. The van der Waals surface area contributed by atoms with E-state index in [-0.39, 0.29) is 6.54 Å². The normalized spacial score (nSPS) is 15.9. The maximum atomic E-state index is 11.5. The fourth-order valence-corrected chi connectivity index (χ4v) is 3.98. The van der Waals surface area contributed by atoms with Crippen LogP contribution in [0.3, 0.4) is 0 Å². The summed E-state index contributed by atoms with van der Waals surface area (Å²) < 4.78 is 0. The van der Waals surface area contributed by atoms with Crippen molar-refractivity contribution in [3.63, 3.8) is 0 Å². The number of benzene rings is 1. The molecule has 1 heterocycles. The van der Waals surface area contributed by atoms with Gasteiger partial charge in [-0.05, 0) is 31.7 Å². The third kappa shape index (κ3) is 11.0. The van der Waals surface area contributed by atoms with Gasteiger partial charge >= 0.3 is 18.0 Å². The molecule has 1 unspecified atom stereocenters. The van der Waals surface area contributed by atoms with Gasteiger partial charge in [-0.1, -0.05) is 43.7 Å². The molecule has 4 N–H and O–H groups in total. The number of rotatable bonds is 10. The molecule has 1 saturated heterocycles. The van der Waals surface area contributed by atoms with Crippen molar-refractivity contribution in [1.29, 1.82) is 0 Å². The van der Waals surface area contributed by atoms with Crippen LogP contribution in [0, 0.1) is 6.92 Å². The summed E-state index contributed by atoms with van der Waals surface area (Å²) in [5.41, 5.74) is 2.34. The third-order valence-corrected chi connectivity index (χ3v) is 5.63. The molecule has 0 aliphatic carbocycles. The lowest BCUT2D eigenvalue weighted by Crippen LogP contribution is -2.54. The van der Waals surface area contributed by atoms with Gasteiger partial charge in [-0.3, -0.25) is 19.4 Å². The molecule has 0 radical (unpaired) electrons. The van der Waals surface area contributed by atoms with Crippen molar-refractivity contribution >= 4 is 18.0 Å². The van der Waals surface area contributed by atoms with E-state index in [2.05, 4.69) is 17.4 Å². The van der Waals surface area contributed by atoms with E-state index >= 15 is 0 Å². The minimum Gasteiger partial charge on any atom is -0.480 e. The number of carbonyl (C=O) groups is 3. The van der Waals surface area contributed by atoms with Crippen LogP contribution >= 0.6 is 0 Å². The van der Waals surface area contributed by atoms with E-state index in [1.54, 1.807) is 0 Å². The van der Waals surface area contributed by atoms with E-state index in [4.69, 9.17) is 0 Å². The van der Waals surface area contributed by atoms with E-state index in [1.165, 1.54) is 20.9 Å². The zero-order valence-corrected chi connectivity index (χ0v) is 20.6. The molecule has 0 saturated carbocycles. The van der Waals surface area contributed by atoms with Crippen LogP contribution in [0.2, 0.25) is 0 Å². The largest absolute Gasteiger partial charge is 0.480 e. The molecular weight excluding hydrogens is 440 g/mol. The second-order valence-corrected chi connectivity index (χ2v) is 8.11. The molecule has 0 spiro atoms. The van der Waals surface area contributed by atoms with E-state index in [0.717, 1.165) is 12.8 Å². The number of aliphatic carboxylic acids is 2. The number of hydrogen-bond donors (Lipinski definition) is 4. The van der Waals surface area contributed by atoms with Crippen molar-refractivity contribution in [3.8, 4) is 0 Å². The van der Waals surface area contributed by atoms with Crippen molar-refractivity contribution in [3.05, 3.63) is 35.4 Å². The van der Waals surface area contributed by atoms with Gasteiger partial charge in [0.15, 0.2) is 0 Å². The molecule has 0 bridgehead atoms. The predicted molar refractivity (Wildman–Crippen MR) is 130 cm³/mol. The highest BCUT2D eigenvalue weighted by Gasteiger charge is 2.29. The van der Waals surface area contributed by atoms with Gasteiger partial charge in [0.05, 0.1) is 19.3 Å².